The van der Waals surface area contributed by atoms with E-state index in [1.165, 1.54) is 0 Å². The summed E-state index contributed by atoms with van der Waals surface area (Å²) in [7, 11) is -3.72. The fourth-order valence-corrected chi connectivity index (χ4v) is 3.31. The van der Waals surface area contributed by atoms with Crippen molar-refractivity contribution in [1.29, 1.82) is 0 Å². The second kappa shape index (κ2) is 12.1. The SMILES string of the molecule is CCOC(=O)C(OCCCCCO)P(=O)(OCC)OCC. The van der Waals surface area contributed by atoms with E-state index in [1.807, 2.05) is 0 Å². The lowest BCUT2D eigenvalue weighted by atomic mass is 10.2. The molecule has 126 valence electrons. The van der Waals surface area contributed by atoms with Crippen LogP contribution in [0.15, 0.2) is 0 Å². The van der Waals surface area contributed by atoms with E-state index in [-0.39, 0.29) is 33.0 Å². The van der Waals surface area contributed by atoms with Crippen molar-refractivity contribution in [1.82, 2.24) is 0 Å². The van der Waals surface area contributed by atoms with Crippen LogP contribution < -0.4 is 0 Å². The van der Waals surface area contributed by atoms with Crippen molar-refractivity contribution in [2.24, 2.45) is 0 Å². The normalized spacial score (nSPS) is 13.1. The summed E-state index contributed by atoms with van der Waals surface area (Å²) in [5.41, 5.74) is 0. The molecule has 0 radical (unpaired) electrons. The predicted molar refractivity (Wildman–Crippen MR) is 78.2 cm³/mol. The lowest BCUT2D eigenvalue weighted by Crippen LogP contribution is -2.29. The highest BCUT2D eigenvalue weighted by Crippen LogP contribution is 2.53. The molecule has 0 aromatic rings. The Labute approximate surface area is 126 Å². The first-order valence-corrected chi connectivity index (χ1v) is 8.94. The van der Waals surface area contributed by atoms with Crippen LogP contribution >= 0.6 is 7.60 Å². The van der Waals surface area contributed by atoms with Gasteiger partial charge in [0.15, 0.2) is 0 Å². The predicted octanol–water partition coefficient (Wildman–Crippen LogP) is 2.32. The average Bonchev–Trinajstić information content (AvgIpc) is 2.43. The molecule has 0 aliphatic rings. The van der Waals surface area contributed by atoms with Gasteiger partial charge in [0.25, 0.3) is 5.85 Å². The summed E-state index contributed by atoms with van der Waals surface area (Å²) in [5, 5.41) is 8.70. The first-order valence-electron chi connectivity index (χ1n) is 7.33. The highest BCUT2D eigenvalue weighted by Gasteiger charge is 2.43. The lowest BCUT2D eigenvalue weighted by Gasteiger charge is -2.24. The van der Waals surface area contributed by atoms with Crippen LogP contribution in [0.2, 0.25) is 0 Å². The molecular weight excluding hydrogens is 299 g/mol. The quantitative estimate of drug-likeness (QED) is 0.315. The summed E-state index contributed by atoms with van der Waals surface area (Å²) >= 11 is 0. The number of carbonyl (C=O) groups is 1. The smallest absolute Gasteiger partial charge is 0.370 e. The molecule has 1 N–H and O–H groups in total. The van der Waals surface area contributed by atoms with Crippen molar-refractivity contribution >= 4 is 13.6 Å². The Hall–Kier alpha value is -0.460. The van der Waals surface area contributed by atoms with E-state index in [9.17, 15) is 9.36 Å². The molecule has 0 rings (SSSR count). The molecule has 0 aromatic heterocycles. The zero-order valence-electron chi connectivity index (χ0n) is 13.1. The number of hydrogen-bond acceptors (Lipinski definition) is 7. The van der Waals surface area contributed by atoms with E-state index >= 15 is 0 Å². The van der Waals surface area contributed by atoms with Gasteiger partial charge in [0.05, 0.1) is 19.8 Å². The van der Waals surface area contributed by atoms with E-state index in [1.54, 1.807) is 20.8 Å². The van der Waals surface area contributed by atoms with Crippen LogP contribution in [0.1, 0.15) is 40.0 Å². The summed E-state index contributed by atoms with van der Waals surface area (Å²) in [6, 6.07) is 0. The Morgan fingerprint density at radius 1 is 1.05 bits per heavy atom. The van der Waals surface area contributed by atoms with Gasteiger partial charge in [-0.25, -0.2) is 4.79 Å². The van der Waals surface area contributed by atoms with Crippen molar-refractivity contribution in [3.63, 3.8) is 0 Å². The van der Waals surface area contributed by atoms with Gasteiger partial charge in [0.1, 0.15) is 0 Å². The van der Waals surface area contributed by atoms with Gasteiger partial charge in [-0.1, -0.05) is 0 Å². The maximum atomic E-state index is 12.6. The molecule has 7 nitrogen and oxygen atoms in total. The Morgan fingerprint density at radius 3 is 2.14 bits per heavy atom. The highest BCUT2D eigenvalue weighted by molar-refractivity contribution is 7.55. The van der Waals surface area contributed by atoms with Crippen LogP contribution in [0.3, 0.4) is 0 Å². The first-order chi connectivity index (χ1) is 10.1. The number of ether oxygens (including phenoxy) is 2. The van der Waals surface area contributed by atoms with Crippen LogP contribution in [0, 0.1) is 0 Å². The van der Waals surface area contributed by atoms with E-state index in [4.69, 9.17) is 23.6 Å². The minimum Gasteiger partial charge on any atom is -0.464 e. The topological polar surface area (TPSA) is 91.3 Å². The lowest BCUT2D eigenvalue weighted by molar-refractivity contribution is -0.152. The number of hydrogen-bond donors (Lipinski definition) is 1. The van der Waals surface area contributed by atoms with Gasteiger partial charge in [-0.2, -0.15) is 0 Å². The molecule has 0 aliphatic heterocycles. The van der Waals surface area contributed by atoms with E-state index in [2.05, 4.69) is 0 Å². The Kier molecular flexibility index (Phi) is 11.9. The maximum Gasteiger partial charge on any atom is 0.370 e. The van der Waals surface area contributed by atoms with Crippen LogP contribution in [0.5, 0.6) is 0 Å². The Bertz CT molecular complexity index is 312. The number of carbonyl (C=O) groups excluding carboxylic acids is 1. The average molecular weight is 326 g/mol. The molecule has 0 aliphatic carbocycles. The summed E-state index contributed by atoms with van der Waals surface area (Å²) in [6.07, 6.45) is 2.04. The molecule has 0 saturated heterocycles. The molecule has 8 heteroatoms. The third-order valence-corrected chi connectivity index (χ3v) is 4.64. The number of aliphatic hydroxyl groups is 1. The molecule has 0 bridgehead atoms. The minimum absolute atomic E-state index is 0.109. The van der Waals surface area contributed by atoms with E-state index < -0.39 is 19.4 Å². The first kappa shape index (κ1) is 20.5. The standard InChI is InChI=1S/C13H27O7P/c1-4-17-12(15)13(18-11-9-7-8-10-14)21(16,19-5-2)20-6-3/h13-14H,4-11H2,1-3H3. The third-order valence-electron chi connectivity index (χ3n) is 2.47. The number of aliphatic hydroxyl groups excluding tert-OH is 1. The zero-order valence-corrected chi connectivity index (χ0v) is 14.0. The van der Waals surface area contributed by atoms with Gasteiger partial charge in [-0.15, -0.1) is 0 Å². The molecule has 21 heavy (non-hydrogen) atoms. The minimum atomic E-state index is -3.72. The largest absolute Gasteiger partial charge is 0.464 e. The second-order valence-corrected chi connectivity index (χ2v) is 6.20. The molecule has 1 atom stereocenters. The van der Waals surface area contributed by atoms with Gasteiger partial charge in [0.2, 0.25) is 0 Å². The van der Waals surface area contributed by atoms with Gasteiger partial charge in [-0.3, -0.25) is 4.57 Å². The molecule has 0 fully saturated rings. The molecule has 0 saturated carbocycles. The second-order valence-electron chi connectivity index (χ2n) is 4.13. The fourth-order valence-electron chi connectivity index (χ4n) is 1.62. The summed E-state index contributed by atoms with van der Waals surface area (Å²) in [4.78, 5) is 11.9. The zero-order chi connectivity index (χ0) is 16.1. The van der Waals surface area contributed by atoms with Gasteiger partial charge >= 0.3 is 13.6 Å². The van der Waals surface area contributed by atoms with Crippen LogP contribution in [-0.4, -0.2) is 50.0 Å². The highest BCUT2D eigenvalue weighted by atomic mass is 31.2. The number of rotatable bonds is 13. The maximum absolute atomic E-state index is 12.6. The third kappa shape index (κ3) is 7.93. The summed E-state index contributed by atoms with van der Waals surface area (Å²) < 4.78 is 33.2. The van der Waals surface area contributed by atoms with Crippen LogP contribution in [-0.2, 0) is 27.9 Å². The monoisotopic (exact) mass is 326 g/mol. The van der Waals surface area contributed by atoms with Crippen LogP contribution in [0.25, 0.3) is 0 Å². The van der Waals surface area contributed by atoms with Crippen LogP contribution in [0.4, 0.5) is 0 Å². The van der Waals surface area contributed by atoms with Gasteiger partial charge < -0.3 is 23.6 Å². The Morgan fingerprint density at radius 2 is 1.67 bits per heavy atom. The van der Waals surface area contributed by atoms with Crippen molar-refractivity contribution < 1.29 is 33.0 Å². The van der Waals surface area contributed by atoms with Gasteiger partial charge in [-0.05, 0) is 40.0 Å². The summed E-state index contributed by atoms with van der Waals surface area (Å²) in [6.45, 7) is 5.74. The Balaban J connectivity index is 4.76. The molecule has 1 unspecified atom stereocenters. The molecule has 0 amide bonds. The van der Waals surface area contributed by atoms with Crippen molar-refractivity contribution in [2.75, 3.05) is 33.0 Å². The molecule has 0 heterocycles. The summed E-state index contributed by atoms with van der Waals surface area (Å²) in [5.74, 6) is -2.11. The number of esters is 1. The number of unbranched alkanes of at least 4 members (excludes halogenated alkanes) is 2. The van der Waals surface area contributed by atoms with Gasteiger partial charge in [0, 0.05) is 13.2 Å². The van der Waals surface area contributed by atoms with Crippen molar-refractivity contribution in [2.45, 2.75) is 45.9 Å². The van der Waals surface area contributed by atoms with E-state index in [0.29, 0.717) is 12.8 Å². The molecule has 0 spiro atoms. The van der Waals surface area contributed by atoms with E-state index in [0.717, 1.165) is 6.42 Å². The molecular formula is C13H27O7P. The fraction of sp³-hybridized carbons (Fsp3) is 0.923. The van der Waals surface area contributed by atoms with Crippen molar-refractivity contribution in [3.05, 3.63) is 0 Å². The molecule has 0 aromatic carbocycles. The van der Waals surface area contributed by atoms with Crippen molar-refractivity contribution in [3.8, 4) is 0 Å².